The van der Waals surface area contributed by atoms with Crippen LogP contribution in [-0.4, -0.2) is 28.9 Å². The molecule has 0 spiro atoms. The van der Waals surface area contributed by atoms with Crippen molar-refractivity contribution in [3.8, 4) is 17.2 Å². The number of aromatic hydroxyl groups is 2. The largest absolute Gasteiger partial charge is 0.506 e. The van der Waals surface area contributed by atoms with Gasteiger partial charge in [-0.25, -0.2) is 5.43 Å². The maximum atomic E-state index is 11.8. The van der Waals surface area contributed by atoms with Gasteiger partial charge in [0, 0.05) is 10.0 Å². The van der Waals surface area contributed by atoms with Gasteiger partial charge in [-0.3, -0.25) is 4.79 Å². The lowest BCUT2D eigenvalue weighted by molar-refractivity contribution is -0.121. The highest BCUT2D eigenvalue weighted by molar-refractivity contribution is 9.11. The Balaban J connectivity index is 1.91. The minimum Gasteiger partial charge on any atom is -0.506 e. The number of ether oxygens (including phenoxy) is 1. The summed E-state index contributed by atoms with van der Waals surface area (Å²) in [7, 11) is 0. The SMILES string of the molecule is Cc1c(Br)c(O)c(Br)c(O)c1C=NNC(=O)CCOc1cccc(Br)c1. The first-order valence-corrected chi connectivity index (χ1v) is 9.79. The molecule has 6 nitrogen and oxygen atoms in total. The van der Waals surface area contributed by atoms with Crippen molar-refractivity contribution in [2.24, 2.45) is 5.10 Å². The van der Waals surface area contributed by atoms with Crippen molar-refractivity contribution < 1.29 is 19.7 Å². The van der Waals surface area contributed by atoms with Crippen molar-refractivity contribution in [1.29, 1.82) is 0 Å². The van der Waals surface area contributed by atoms with Crippen LogP contribution >= 0.6 is 47.8 Å². The predicted octanol–water partition coefficient (Wildman–Crippen LogP) is 4.61. The second-order valence-corrected chi connectivity index (χ2v) is 7.71. The Hall–Kier alpha value is -1.58. The Kier molecular flexibility index (Phi) is 7.48. The highest BCUT2D eigenvalue weighted by Crippen LogP contribution is 2.43. The molecule has 138 valence electrons. The summed E-state index contributed by atoms with van der Waals surface area (Å²) in [5.41, 5.74) is 3.32. The van der Waals surface area contributed by atoms with Crippen molar-refractivity contribution in [3.63, 3.8) is 0 Å². The molecule has 0 saturated carbocycles. The zero-order valence-electron chi connectivity index (χ0n) is 13.6. The van der Waals surface area contributed by atoms with Crippen molar-refractivity contribution in [3.05, 3.63) is 48.8 Å². The summed E-state index contributed by atoms with van der Waals surface area (Å²) in [6.07, 6.45) is 1.43. The molecule has 0 aliphatic heterocycles. The minimum absolute atomic E-state index is 0.106. The molecule has 2 aromatic carbocycles. The van der Waals surface area contributed by atoms with Crippen LogP contribution in [0.2, 0.25) is 0 Å². The van der Waals surface area contributed by atoms with Gasteiger partial charge in [-0.2, -0.15) is 5.10 Å². The smallest absolute Gasteiger partial charge is 0.243 e. The molecule has 3 N–H and O–H groups in total. The second kappa shape index (κ2) is 9.38. The summed E-state index contributed by atoms with van der Waals surface area (Å²) in [6.45, 7) is 1.91. The number of rotatable bonds is 6. The summed E-state index contributed by atoms with van der Waals surface area (Å²) in [4.78, 5) is 11.8. The maximum absolute atomic E-state index is 11.8. The third kappa shape index (κ3) is 5.21. The molecule has 1 amide bonds. The fraction of sp³-hybridized carbons (Fsp3) is 0.176. The number of hydrazone groups is 1. The van der Waals surface area contributed by atoms with Gasteiger partial charge >= 0.3 is 0 Å². The van der Waals surface area contributed by atoms with Gasteiger partial charge in [0.15, 0.2) is 0 Å². The van der Waals surface area contributed by atoms with Crippen molar-refractivity contribution in [2.45, 2.75) is 13.3 Å². The van der Waals surface area contributed by atoms with E-state index in [9.17, 15) is 15.0 Å². The first-order chi connectivity index (χ1) is 12.3. The van der Waals surface area contributed by atoms with Crippen LogP contribution in [0, 0.1) is 6.92 Å². The van der Waals surface area contributed by atoms with Crippen LogP contribution in [0.3, 0.4) is 0 Å². The summed E-state index contributed by atoms with van der Waals surface area (Å²) in [6, 6.07) is 7.33. The number of nitrogens with zero attached hydrogens (tertiary/aromatic N) is 1. The number of amides is 1. The lowest BCUT2D eigenvalue weighted by Crippen LogP contribution is -2.20. The third-order valence-electron chi connectivity index (χ3n) is 3.39. The van der Waals surface area contributed by atoms with E-state index < -0.39 is 0 Å². The normalized spacial score (nSPS) is 10.9. The molecule has 0 bridgehead atoms. The molecule has 0 aromatic heterocycles. The second-order valence-electron chi connectivity index (χ2n) is 5.21. The highest BCUT2D eigenvalue weighted by Gasteiger charge is 2.17. The fourth-order valence-electron chi connectivity index (χ4n) is 2.00. The van der Waals surface area contributed by atoms with Crippen LogP contribution < -0.4 is 10.2 Å². The Morgan fingerprint density at radius 3 is 2.65 bits per heavy atom. The number of hydrogen-bond donors (Lipinski definition) is 3. The number of carbonyl (C=O) groups excluding carboxylic acids is 1. The molecule has 0 saturated heterocycles. The van der Waals surface area contributed by atoms with Crippen LogP contribution in [0.4, 0.5) is 0 Å². The maximum Gasteiger partial charge on any atom is 0.243 e. The molecule has 0 heterocycles. The summed E-state index contributed by atoms with van der Waals surface area (Å²) >= 11 is 9.68. The Bertz CT molecular complexity index is 827. The zero-order valence-corrected chi connectivity index (χ0v) is 18.4. The van der Waals surface area contributed by atoms with Crippen LogP contribution in [0.1, 0.15) is 17.5 Å². The molecule has 0 radical (unpaired) electrons. The van der Waals surface area contributed by atoms with Crippen molar-refractivity contribution in [2.75, 3.05) is 6.61 Å². The summed E-state index contributed by atoms with van der Waals surface area (Å²) in [5, 5.41) is 23.8. The lowest BCUT2D eigenvalue weighted by atomic mass is 10.1. The van der Waals surface area contributed by atoms with Gasteiger partial charge < -0.3 is 14.9 Å². The summed E-state index contributed by atoms with van der Waals surface area (Å²) in [5.74, 6) is 0.0605. The van der Waals surface area contributed by atoms with Gasteiger partial charge in [-0.1, -0.05) is 22.0 Å². The van der Waals surface area contributed by atoms with E-state index in [4.69, 9.17) is 4.74 Å². The van der Waals surface area contributed by atoms with E-state index in [1.54, 1.807) is 13.0 Å². The molecule has 0 aliphatic carbocycles. The predicted molar refractivity (Wildman–Crippen MR) is 110 cm³/mol. The van der Waals surface area contributed by atoms with Gasteiger partial charge in [-0.15, -0.1) is 0 Å². The van der Waals surface area contributed by atoms with Crippen LogP contribution in [0.15, 0.2) is 42.8 Å². The van der Waals surface area contributed by atoms with Gasteiger partial charge in [0.05, 0.1) is 23.7 Å². The molecular formula is C17H15Br3N2O4. The van der Waals surface area contributed by atoms with E-state index in [2.05, 4.69) is 58.3 Å². The highest BCUT2D eigenvalue weighted by atomic mass is 79.9. The number of nitrogens with one attached hydrogen (secondary N) is 1. The fourth-order valence-corrected chi connectivity index (χ4v) is 3.47. The molecule has 0 unspecified atom stereocenters. The summed E-state index contributed by atoms with van der Waals surface area (Å²) < 4.78 is 6.95. The molecular weight excluding hydrogens is 536 g/mol. The number of phenolic OH excluding ortho intramolecular Hbond substituents is 2. The van der Waals surface area contributed by atoms with Gasteiger partial charge in [0.2, 0.25) is 5.91 Å². The Labute approximate surface area is 175 Å². The number of benzene rings is 2. The quantitative estimate of drug-likeness (QED) is 0.362. The first-order valence-electron chi connectivity index (χ1n) is 7.41. The van der Waals surface area contributed by atoms with E-state index in [1.807, 2.05) is 18.2 Å². The standard InChI is InChI=1S/C17H15Br3N2O4/c1-9-12(16(24)15(20)17(25)14(9)19)8-21-22-13(23)5-6-26-11-4-2-3-10(18)7-11/h2-4,7-8,24-25H,5-6H2,1H3,(H,22,23). The topological polar surface area (TPSA) is 91.1 Å². The van der Waals surface area contributed by atoms with Gasteiger partial charge in [0.1, 0.15) is 21.7 Å². The number of carbonyl (C=O) groups is 1. The van der Waals surface area contributed by atoms with Crippen molar-refractivity contribution >= 4 is 59.9 Å². The number of halogens is 3. The van der Waals surface area contributed by atoms with Crippen molar-refractivity contribution in [1.82, 2.24) is 5.43 Å². The van der Waals surface area contributed by atoms with Crippen LogP contribution in [-0.2, 0) is 4.79 Å². The zero-order chi connectivity index (χ0) is 19.3. The molecule has 0 atom stereocenters. The van der Waals surface area contributed by atoms with E-state index in [0.29, 0.717) is 21.3 Å². The monoisotopic (exact) mass is 548 g/mol. The van der Waals surface area contributed by atoms with Crippen LogP contribution in [0.25, 0.3) is 0 Å². The molecule has 9 heteroatoms. The third-order valence-corrected chi connectivity index (χ3v) is 5.60. The lowest BCUT2D eigenvalue weighted by Gasteiger charge is -2.11. The Morgan fingerprint density at radius 1 is 1.23 bits per heavy atom. The average Bonchev–Trinajstić information content (AvgIpc) is 2.61. The van der Waals surface area contributed by atoms with Crippen LogP contribution in [0.5, 0.6) is 17.2 Å². The first kappa shape index (κ1) is 20.7. The van der Waals surface area contributed by atoms with E-state index in [-0.39, 0.29) is 34.9 Å². The average molecular weight is 551 g/mol. The van der Waals surface area contributed by atoms with Gasteiger partial charge in [-0.05, 0) is 62.5 Å². The molecule has 2 aromatic rings. The molecule has 26 heavy (non-hydrogen) atoms. The Morgan fingerprint density at radius 2 is 1.96 bits per heavy atom. The molecule has 0 fully saturated rings. The van der Waals surface area contributed by atoms with E-state index in [1.165, 1.54) is 6.21 Å². The van der Waals surface area contributed by atoms with E-state index in [0.717, 1.165) is 4.47 Å². The van der Waals surface area contributed by atoms with E-state index >= 15 is 0 Å². The number of hydrogen-bond acceptors (Lipinski definition) is 5. The number of phenols is 2. The van der Waals surface area contributed by atoms with Gasteiger partial charge in [0.25, 0.3) is 0 Å². The molecule has 0 aliphatic rings. The molecule has 2 rings (SSSR count). The minimum atomic E-state index is -0.328.